The summed E-state index contributed by atoms with van der Waals surface area (Å²) in [5, 5.41) is 3.66. The third kappa shape index (κ3) is 2.94. The van der Waals surface area contributed by atoms with Crippen LogP contribution in [0.3, 0.4) is 0 Å². The van der Waals surface area contributed by atoms with Crippen molar-refractivity contribution >= 4 is 0 Å². The van der Waals surface area contributed by atoms with Crippen LogP contribution in [-0.4, -0.2) is 30.8 Å². The molecule has 1 aliphatic rings. The highest BCUT2D eigenvalue weighted by atomic mass is 16.5. The fourth-order valence-electron chi connectivity index (χ4n) is 2.17. The van der Waals surface area contributed by atoms with Crippen LogP contribution in [0.4, 0.5) is 0 Å². The molecule has 14 heavy (non-hydrogen) atoms. The summed E-state index contributed by atoms with van der Waals surface area (Å²) >= 11 is 0. The van der Waals surface area contributed by atoms with E-state index in [0.717, 1.165) is 25.9 Å². The molecule has 1 heterocycles. The van der Waals surface area contributed by atoms with Crippen LogP contribution in [0.5, 0.6) is 0 Å². The highest BCUT2D eigenvalue weighted by Gasteiger charge is 2.34. The smallest absolute Gasteiger partial charge is 0.0565 e. The summed E-state index contributed by atoms with van der Waals surface area (Å²) in [5.41, 5.74) is 6.00. The lowest BCUT2D eigenvalue weighted by atomic mass is 9.86. The molecule has 0 aromatic heterocycles. The Morgan fingerprint density at radius 1 is 1.64 bits per heavy atom. The van der Waals surface area contributed by atoms with E-state index in [1.807, 2.05) is 0 Å². The Labute approximate surface area is 87.4 Å². The van der Waals surface area contributed by atoms with Gasteiger partial charge in [0, 0.05) is 24.7 Å². The summed E-state index contributed by atoms with van der Waals surface area (Å²) < 4.78 is 5.55. The zero-order chi connectivity index (χ0) is 10.6. The second-order valence-electron chi connectivity index (χ2n) is 4.57. The Morgan fingerprint density at radius 3 is 2.86 bits per heavy atom. The van der Waals surface area contributed by atoms with Crippen LogP contribution in [0.1, 0.15) is 40.0 Å². The number of nitrogens with one attached hydrogen (secondary N) is 1. The maximum atomic E-state index is 5.89. The van der Waals surface area contributed by atoms with Crippen molar-refractivity contribution in [3.8, 4) is 0 Å². The van der Waals surface area contributed by atoms with Crippen LogP contribution in [0.15, 0.2) is 0 Å². The summed E-state index contributed by atoms with van der Waals surface area (Å²) in [7, 11) is 0. The Kier molecular flexibility index (Phi) is 4.35. The zero-order valence-corrected chi connectivity index (χ0v) is 9.68. The molecule has 0 amide bonds. The highest BCUT2D eigenvalue weighted by molar-refractivity contribution is 4.94. The highest BCUT2D eigenvalue weighted by Crippen LogP contribution is 2.24. The summed E-state index contributed by atoms with van der Waals surface area (Å²) in [5.74, 6) is 0. The monoisotopic (exact) mass is 200 g/mol. The summed E-state index contributed by atoms with van der Waals surface area (Å²) in [4.78, 5) is 0. The van der Waals surface area contributed by atoms with Gasteiger partial charge in [-0.25, -0.2) is 0 Å². The first-order valence-electron chi connectivity index (χ1n) is 5.71. The van der Waals surface area contributed by atoms with Crippen molar-refractivity contribution in [3.05, 3.63) is 0 Å². The Bertz CT molecular complexity index is 175. The number of hydrogen-bond acceptors (Lipinski definition) is 3. The van der Waals surface area contributed by atoms with Crippen molar-refractivity contribution in [1.29, 1.82) is 0 Å². The van der Waals surface area contributed by atoms with Gasteiger partial charge in [0.25, 0.3) is 0 Å². The Balaban J connectivity index is 2.55. The van der Waals surface area contributed by atoms with Gasteiger partial charge < -0.3 is 15.8 Å². The minimum atomic E-state index is 0.118. The molecule has 0 radical (unpaired) electrons. The number of hydrogen-bond donors (Lipinski definition) is 2. The summed E-state index contributed by atoms with van der Waals surface area (Å²) in [6.07, 6.45) is 3.56. The molecule has 0 aromatic rings. The maximum absolute atomic E-state index is 5.89. The van der Waals surface area contributed by atoms with Gasteiger partial charge in [0.05, 0.1) is 6.10 Å². The van der Waals surface area contributed by atoms with E-state index in [1.165, 1.54) is 0 Å². The first-order valence-corrected chi connectivity index (χ1v) is 5.71. The van der Waals surface area contributed by atoms with Gasteiger partial charge in [-0.15, -0.1) is 0 Å². The normalized spacial score (nSPS) is 35.6. The van der Waals surface area contributed by atoms with Crippen LogP contribution in [0.2, 0.25) is 0 Å². The quantitative estimate of drug-likeness (QED) is 0.718. The van der Waals surface area contributed by atoms with Crippen molar-refractivity contribution in [2.45, 2.75) is 57.7 Å². The van der Waals surface area contributed by atoms with Gasteiger partial charge in [0.15, 0.2) is 0 Å². The molecule has 3 atom stereocenters. The standard InChI is InChI=1S/C11H24N2O/c1-4-9(2)13-11(8-12)5-6-14-10(3)7-11/h9-10,13H,4-8,12H2,1-3H3. The minimum Gasteiger partial charge on any atom is -0.378 e. The van der Waals surface area contributed by atoms with E-state index in [4.69, 9.17) is 10.5 Å². The van der Waals surface area contributed by atoms with Gasteiger partial charge in [0.2, 0.25) is 0 Å². The summed E-state index contributed by atoms with van der Waals surface area (Å²) in [6.45, 7) is 8.09. The first-order chi connectivity index (χ1) is 6.62. The van der Waals surface area contributed by atoms with Gasteiger partial charge in [0.1, 0.15) is 0 Å². The molecule has 0 aliphatic carbocycles. The van der Waals surface area contributed by atoms with E-state index < -0.39 is 0 Å². The molecule has 3 unspecified atom stereocenters. The van der Waals surface area contributed by atoms with Crippen LogP contribution >= 0.6 is 0 Å². The predicted octanol–water partition coefficient (Wildman–Crippen LogP) is 1.27. The van der Waals surface area contributed by atoms with Crippen molar-refractivity contribution in [3.63, 3.8) is 0 Å². The van der Waals surface area contributed by atoms with Gasteiger partial charge >= 0.3 is 0 Å². The minimum absolute atomic E-state index is 0.118. The number of nitrogens with two attached hydrogens (primary N) is 1. The Morgan fingerprint density at radius 2 is 2.36 bits per heavy atom. The van der Waals surface area contributed by atoms with Crippen LogP contribution < -0.4 is 11.1 Å². The predicted molar refractivity (Wildman–Crippen MR) is 59.3 cm³/mol. The first kappa shape index (κ1) is 12.0. The van der Waals surface area contributed by atoms with Crippen molar-refractivity contribution in [1.82, 2.24) is 5.32 Å². The SMILES string of the molecule is CCC(C)NC1(CN)CCOC(C)C1. The Hall–Kier alpha value is -0.120. The van der Waals surface area contributed by atoms with Gasteiger partial charge in [-0.05, 0) is 33.1 Å². The van der Waals surface area contributed by atoms with E-state index in [2.05, 4.69) is 26.1 Å². The largest absolute Gasteiger partial charge is 0.378 e. The maximum Gasteiger partial charge on any atom is 0.0565 e. The van der Waals surface area contributed by atoms with Crippen molar-refractivity contribution in [2.75, 3.05) is 13.2 Å². The molecular weight excluding hydrogens is 176 g/mol. The third-order valence-corrected chi connectivity index (χ3v) is 3.22. The second kappa shape index (κ2) is 5.10. The molecule has 1 saturated heterocycles. The van der Waals surface area contributed by atoms with Crippen LogP contribution in [0.25, 0.3) is 0 Å². The van der Waals surface area contributed by atoms with Gasteiger partial charge in [-0.1, -0.05) is 6.92 Å². The van der Waals surface area contributed by atoms with Crippen LogP contribution in [0, 0.1) is 0 Å². The average Bonchev–Trinajstić information content (AvgIpc) is 2.17. The molecule has 1 aliphatic heterocycles. The molecule has 0 spiro atoms. The fraction of sp³-hybridized carbons (Fsp3) is 1.00. The molecule has 3 nitrogen and oxygen atoms in total. The average molecular weight is 200 g/mol. The van der Waals surface area contributed by atoms with Gasteiger partial charge in [-0.2, -0.15) is 0 Å². The van der Waals surface area contributed by atoms with E-state index in [9.17, 15) is 0 Å². The molecular formula is C11H24N2O. The second-order valence-corrected chi connectivity index (χ2v) is 4.57. The molecule has 0 saturated carbocycles. The lowest BCUT2D eigenvalue weighted by molar-refractivity contribution is -0.0190. The van der Waals surface area contributed by atoms with E-state index >= 15 is 0 Å². The molecule has 1 rings (SSSR count). The molecule has 3 N–H and O–H groups in total. The molecule has 0 aromatic carbocycles. The van der Waals surface area contributed by atoms with Crippen LogP contribution in [-0.2, 0) is 4.74 Å². The third-order valence-electron chi connectivity index (χ3n) is 3.22. The number of rotatable bonds is 4. The van der Waals surface area contributed by atoms with E-state index in [0.29, 0.717) is 18.7 Å². The van der Waals surface area contributed by atoms with Gasteiger partial charge in [-0.3, -0.25) is 0 Å². The molecule has 3 heteroatoms. The van der Waals surface area contributed by atoms with Crippen molar-refractivity contribution < 1.29 is 4.74 Å². The molecule has 1 fully saturated rings. The van der Waals surface area contributed by atoms with E-state index in [-0.39, 0.29) is 5.54 Å². The van der Waals surface area contributed by atoms with Crippen molar-refractivity contribution in [2.24, 2.45) is 5.73 Å². The number of ether oxygens (including phenoxy) is 1. The zero-order valence-electron chi connectivity index (χ0n) is 9.68. The topological polar surface area (TPSA) is 47.3 Å². The molecule has 0 bridgehead atoms. The molecule has 84 valence electrons. The van der Waals surface area contributed by atoms with E-state index in [1.54, 1.807) is 0 Å². The fourth-order valence-corrected chi connectivity index (χ4v) is 2.17. The summed E-state index contributed by atoms with van der Waals surface area (Å²) in [6, 6.07) is 0.545. The lowest BCUT2D eigenvalue weighted by Crippen LogP contribution is -2.58. The lowest BCUT2D eigenvalue weighted by Gasteiger charge is -2.41.